The van der Waals surface area contributed by atoms with E-state index in [2.05, 4.69) is 17.4 Å². The number of carbonyl (C=O) groups excluding carboxylic acids is 1. The van der Waals surface area contributed by atoms with Crippen molar-refractivity contribution in [3.8, 4) is 11.1 Å². The van der Waals surface area contributed by atoms with Gasteiger partial charge in [-0.3, -0.25) is 0 Å². The number of benzene rings is 2. The molecule has 5 nitrogen and oxygen atoms in total. The summed E-state index contributed by atoms with van der Waals surface area (Å²) in [7, 11) is 0. The highest BCUT2D eigenvalue weighted by Gasteiger charge is 2.39. The molecule has 148 valence electrons. The lowest BCUT2D eigenvalue weighted by Gasteiger charge is -2.30. The molecular formula is C23H27NO4. The van der Waals surface area contributed by atoms with E-state index < -0.39 is 17.6 Å². The van der Waals surface area contributed by atoms with Crippen LogP contribution in [0.3, 0.4) is 0 Å². The minimum atomic E-state index is -1.31. The third-order valence-corrected chi connectivity index (χ3v) is 5.45. The number of amides is 1. The van der Waals surface area contributed by atoms with Gasteiger partial charge in [0.2, 0.25) is 0 Å². The summed E-state index contributed by atoms with van der Waals surface area (Å²) in [5, 5.41) is 12.3. The molecule has 0 unspecified atom stereocenters. The zero-order valence-electron chi connectivity index (χ0n) is 16.6. The average Bonchev–Trinajstić information content (AvgIpc) is 2.99. The van der Waals surface area contributed by atoms with Crippen molar-refractivity contribution < 1.29 is 19.4 Å². The molecule has 2 N–H and O–H groups in total. The second kappa shape index (κ2) is 8.05. The monoisotopic (exact) mass is 381 g/mol. The number of ether oxygens (including phenoxy) is 1. The van der Waals surface area contributed by atoms with E-state index in [1.54, 1.807) is 6.92 Å². The third-order valence-electron chi connectivity index (χ3n) is 5.45. The van der Waals surface area contributed by atoms with E-state index in [1.165, 1.54) is 0 Å². The highest BCUT2D eigenvalue weighted by atomic mass is 16.5. The van der Waals surface area contributed by atoms with Gasteiger partial charge in [0.25, 0.3) is 0 Å². The minimum Gasteiger partial charge on any atom is -0.480 e. The number of carboxylic acids is 1. The molecule has 28 heavy (non-hydrogen) atoms. The van der Waals surface area contributed by atoms with Gasteiger partial charge in [0.15, 0.2) is 0 Å². The molecule has 1 aliphatic carbocycles. The number of fused-ring (bicyclic) bond motifs is 3. The van der Waals surface area contributed by atoms with Crippen molar-refractivity contribution in [1.82, 2.24) is 5.32 Å². The van der Waals surface area contributed by atoms with Crippen LogP contribution in [0.5, 0.6) is 0 Å². The molecule has 0 saturated carbocycles. The second-order valence-corrected chi connectivity index (χ2v) is 7.79. The maximum atomic E-state index is 12.5. The van der Waals surface area contributed by atoms with Gasteiger partial charge in [0.1, 0.15) is 12.1 Å². The van der Waals surface area contributed by atoms with Crippen molar-refractivity contribution in [1.29, 1.82) is 0 Å². The molecule has 0 saturated heterocycles. The van der Waals surface area contributed by atoms with Gasteiger partial charge < -0.3 is 15.2 Å². The minimum absolute atomic E-state index is 0.0518. The molecule has 2 aromatic rings. The smallest absolute Gasteiger partial charge is 0.408 e. The zero-order valence-corrected chi connectivity index (χ0v) is 16.6. The van der Waals surface area contributed by atoms with Crippen LogP contribution in [0.1, 0.15) is 50.7 Å². The largest absolute Gasteiger partial charge is 0.480 e. The van der Waals surface area contributed by atoms with Crippen LogP contribution in [-0.2, 0) is 9.53 Å². The van der Waals surface area contributed by atoms with E-state index in [-0.39, 0.29) is 18.4 Å². The second-order valence-electron chi connectivity index (χ2n) is 7.79. The number of rotatable bonds is 7. The molecule has 0 spiro atoms. The van der Waals surface area contributed by atoms with E-state index >= 15 is 0 Å². The number of aliphatic carboxylic acids is 1. The van der Waals surface area contributed by atoms with E-state index in [1.807, 2.05) is 50.2 Å². The van der Waals surface area contributed by atoms with Crippen molar-refractivity contribution in [2.75, 3.05) is 6.61 Å². The number of nitrogens with one attached hydrogen (secondary N) is 1. The Bertz CT molecular complexity index is 831. The van der Waals surface area contributed by atoms with Crippen LogP contribution in [0.4, 0.5) is 4.79 Å². The Kier molecular flexibility index (Phi) is 5.73. The van der Waals surface area contributed by atoms with Gasteiger partial charge in [0, 0.05) is 5.92 Å². The topological polar surface area (TPSA) is 75.6 Å². The number of hydrogen-bond donors (Lipinski definition) is 2. The summed E-state index contributed by atoms with van der Waals surface area (Å²) in [4.78, 5) is 24.3. The van der Waals surface area contributed by atoms with Crippen LogP contribution < -0.4 is 5.32 Å². The average molecular weight is 381 g/mol. The molecule has 0 aliphatic heterocycles. The summed E-state index contributed by atoms with van der Waals surface area (Å²) in [5.41, 5.74) is 3.24. The lowest BCUT2D eigenvalue weighted by molar-refractivity contribution is -0.145. The highest BCUT2D eigenvalue weighted by Crippen LogP contribution is 2.44. The van der Waals surface area contributed by atoms with Crippen LogP contribution in [0.25, 0.3) is 11.1 Å². The summed E-state index contributed by atoms with van der Waals surface area (Å²) in [6, 6.07) is 16.2. The molecular weight excluding hydrogens is 354 g/mol. The first-order chi connectivity index (χ1) is 13.4. The van der Waals surface area contributed by atoms with Crippen LogP contribution in [0, 0.1) is 5.92 Å². The van der Waals surface area contributed by atoms with Crippen LogP contribution >= 0.6 is 0 Å². The van der Waals surface area contributed by atoms with Crippen molar-refractivity contribution in [2.45, 2.75) is 45.1 Å². The van der Waals surface area contributed by atoms with Gasteiger partial charge in [-0.05, 0) is 41.0 Å². The molecule has 2 aromatic carbocycles. The summed E-state index contributed by atoms with van der Waals surface area (Å²) in [5.74, 6) is -0.953. The summed E-state index contributed by atoms with van der Waals surface area (Å²) < 4.78 is 5.52. The molecule has 0 fully saturated rings. The fourth-order valence-corrected chi connectivity index (χ4v) is 4.10. The molecule has 1 atom stereocenters. The van der Waals surface area contributed by atoms with Gasteiger partial charge in [-0.15, -0.1) is 0 Å². The van der Waals surface area contributed by atoms with Gasteiger partial charge >= 0.3 is 12.1 Å². The highest BCUT2D eigenvalue weighted by molar-refractivity contribution is 5.84. The molecule has 1 aliphatic rings. The van der Waals surface area contributed by atoms with E-state index in [9.17, 15) is 14.7 Å². The number of carboxylic acid groups (broad SMARTS) is 1. The van der Waals surface area contributed by atoms with Crippen LogP contribution in [-0.4, -0.2) is 29.3 Å². The fraction of sp³-hybridized carbons (Fsp3) is 0.391. The Hall–Kier alpha value is -2.82. The van der Waals surface area contributed by atoms with Crippen molar-refractivity contribution >= 4 is 12.1 Å². The predicted octanol–water partition coefficient (Wildman–Crippen LogP) is 4.80. The van der Waals surface area contributed by atoms with Crippen molar-refractivity contribution in [3.63, 3.8) is 0 Å². The van der Waals surface area contributed by atoms with Crippen LogP contribution in [0.2, 0.25) is 0 Å². The van der Waals surface area contributed by atoms with E-state index in [4.69, 9.17) is 4.74 Å². The van der Waals surface area contributed by atoms with Crippen LogP contribution in [0.15, 0.2) is 48.5 Å². The molecule has 3 rings (SSSR count). The maximum Gasteiger partial charge on any atom is 0.408 e. The van der Waals surface area contributed by atoms with Crippen molar-refractivity contribution in [2.24, 2.45) is 5.92 Å². The molecule has 1 amide bonds. The van der Waals surface area contributed by atoms with Gasteiger partial charge in [-0.25, -0.2) is 9.59 Å². The first-order valence-electron chi connectivity index (χ1n) is 9.74. The van der Waals surface area contributed by atoms with Gasteiger partial charge in [-0.1, -0.05) is 69.3 Å². The Balaban J connectivity index is 1.75. The Morgan fingerprint density at radius 1 is 1.07 bits per heavy atom. The summed E-state index contributed by atoms with van der Waals surface area (Å²) >= 11 is 0. The zero-order chi connectivity index (χ0) is 20.3. The standard InChI is InChI=1S/C23H27NO4/c1-4-23(21(25)26,13-15(2)3)24-22(27)28-14-20-18-11-7-5-9-16(18)17-10-6-8-12-19(17)20/h5-12,15,20H,4,13-14H2,1-3H3,(H,24,27)(H,25,26)/t23-/m1/s1. The fourth-order valence-electron chi connectivity index (χ4n) is 4.10. The lowest BCUT2D eigenvalue weighted by Crippen LogP contribution is -2.55. The molecule has 0 bridgehead atoms. The van der Waals surface area contributed by atoms with Crippen molar-refractivity contribution in [3.05, 3.63) is 59.7 Å². The SMILES string of the molecule is CC[C@](CC(C)C)(NC(=O)OCC1c2ccccc2-c2ccccc21)C(=O)O. The number of alkyl carbamates (subject to hydrolysis) is 1. The Morgan fingerprint density at radius 3 is 2.07 bits per heavy atom. The normalized spacial score (nSPS) is 14.9. The third kappa shape index (κ3) is 3.75. The lowest BCUT2D eigenvalue weighted by atomic mass is 9.86. The van der Waals surface area contributed by atoms with Gasteiger partial charge in [0.05, 0.1) is 0 Å². The maximum absolute atomic E-state index is 12.5. The Morgan fingerprint density at radius 2 is 1.61 bits per heavy atom. The number of hydrogen-bond acceptors (Lipinski definition) is 3. The molecule has 0 radical (unpaired) electrons. The summed E-state index contributed by atoms with van der Waals surface area (Å²) in [6.07, 6.45) is -0.0416. The summed E-state index contributed by atoms with van der Waals surface area (Å²) in [6.45, 7) is 5.81. The van der Waals surface area contributed by atoms with E-state index in [0.29, 0.717) is 12.8 Å². The predicted molar refractivity (Wildman–Crippen MR) is 108 cm³/mol. The molecule has 0 aromatic heterocycles. The first kappa shape index (κ1) is 19.9. The Labute approximate surface area is 165 Å². The molecule has 5 heteroatoms. The first-order valence-corrected chi connectivity index (χ1v) is 9.74. The van der Waals surface area contributed by atoms with E-state index in [0.717, 1.165) is 22.3 Å². The van der Waals surface area contributed by atoms with Gasteiger partial charge in [-0.2, -0.15) is 0 Å². The quantitative estimate of drug-likeness (QED) is 0.722. The number of carbonyl (C=O) groups is 2. The molecule has 0 heterocycles.